The van der Waals surface area contributed by atoms with E-state index in [9.17, 15) is 9.65 Å². The molecule has 1 atom stereocenters. The van der Waals surface area contributed by atoms with Gasteiger partial charge in [-0.1, -0.05) is 29.8 Å². The molecule has 186 valence electrons. The van der Waals surface area contributed by atoms with Crippen LogP contribution >= 0.6 is 11.6 Å². The Labute approximate surface area is 217 Å². The summed E-state index contributed by atoms with van der Waals surface area (Å²) in [5.74, 6) is 0.620. The lowest BCUT2D eigenvalue weighted by molar-refractivity contribution is 0.300. The number of nitrogens with one attached hydrogen (secondary N) is 1. The molecule has 0 bridgehead atoms. The Morgan fingerprint density at radius 1 is 1.08 bits per heavy atom. The third-order valence-electron chi connectivity index (χ3n) is 6.05. The van der Waals surface area contributed by atoms with Crippen LogP contribution in [-0.4, -0.2) is 16.8 Å². The fourth-order valence-corrected chi connectivity index (χ4v) is 4.48. The van der Waals surface area contributed by atoms with E-state index in [2.05, 4.69) is 16.3 Å². The number of nitrogens with zero attached hydrogens (tertiary/aromatic N) is 2. The van der Waals surface area contributed by atoms with Gasteiger partial charge in [-0.3, -0.25) is 5.10 Å². The zero-order valence-electron chi connectivity index (χ0n) is 19.8. The van der Waals surface area contributed by atoms with Gasteiger partial charge < -0.3 is 19.9 Å². The average Bonchev–Trinajstić information content (AvgIpc) is 3.32. The van der Waals surface area contributed by atoms with Gasteiger partial charge in [0.25, 0.3) is 0 Å². The molecule has 0 fully saturated rings. The molecule has 3 N–H and O–H groups in total. The second-order valence-electron chi connectivity index (χ2n) is 8.26. The first kappa shape index (κ1) is 24.2. The lowest BCUT2D eigenvalue weighted by atomic mass is 9.83. The minimum atomic E-state index is -0.524. The first-order valence-electron chi connectivity index (χ1n) is 11.5. The minimum Gasteiger partial charge on any atom is -0.494 e. The van der Waals surface area contributed by atoms with E-state index >= 15 is 0 Å². The van der Waals surface area contributed by atoms with Crippen molar-refractivity contribution in [1.29, 1.82) is 5.26 Å². The molecule has 0 radical (unpaired) electrons. The maximum atomic E-state index is 14.1. The van der Waals surface area contributed by atoms with Gasteiger partial charge in [0, 0.05) is 11.1 Å². The van der Waals surface area contributed by atoms with E-state index < -0.39 is 11.7 Å². The summed E-state index contributed by atoms with van der Waals surface area (Å²) in [7, 11) is 0. The number of fused-ring (bicyclic) bond motifs is 1. The van der Waals surface area contributed by atoms with E-state index in [0.29, 0.717) is 34.5 Å². The van der Waals surface area contributed by atoms with Crippen LogP contribution in [0.2, 0.25) is 5.02 Å². The number of hydrogen-bond acceptors (Lipinski definition) is 6. The standard InChI is InChI=1S/C28H22ClFN4O3/c1-2-35-18-12-8-17(9-13-18)26-25-24(20(14-31)27(32)37-28(25)34-33-26)16-6-10-19(11-7-16)36-15-21-22(29)4-3-5-23(21)30/h3-13,24H,2,15,32H2,1H3,(H,33,34)/t24-/m0/s1. The van der Waals surface area contributed by atoms with Crippen molar-refractivity contribution in [3.8, 4) is 34.7 Å². The molecule has 0 aliphatic carbocycles. The van der Waals surface area contributed by atoms with Crippen molar-refractivity contribution in [3.63, 3.8) is 0 Å². The molecule has 1 aromatic heterocycles. The highest BCUT2D eigenvalue weighted by Crippen LogP contribution is 2.46. The molecule has 37 heavy (non-hydrogen) atoms. The summed E-state index contributed by atoms with van der Waals surface area (Å²) in [6.07, 6.45) is 0. The highest BCUT2D eigenvalue weighted by atomic mass is 35.5. The van der Waals surface area contributed by atoms with E-state index in [1.165, 1.54) is 6.07 Å². The Bertz CT molecular complexity index is 1490. The maximum Gasteiger partial charge on any atom is 0.244 e. The van der Waals surface area contributed by atoms with Crippen molar-refractivity contribution in [2.75, 3.05) is 6.61 Å². The molecule has 1 aliphatic heterocycles. The average molecular weight is 517 g/mol. The van der Waals surface area contributed by atoms with Crippen molar-refractivity contribution >= 4 is 11.6 Å². The highest BCUT2D eigenvalue weighted by Gasteiger charge is 2.35. The summed E-state index contributed by atoms with van der Waals surface area (Å²) < 4.78 is 31.1. The first-order chi connectivity index (χ1) is 18.0. The van der Waals surface area contributed by atoms with E-state index in [1.54, 1.807) is 24.3 Å². The van der Waals surface area contributed by atoms with Crippen LogP contribution in [0.4, 0.5) is 4.39 Å². The van der Waals surface area contributed by atoms with Crippen molar-refractivity contribution in [1.82, 2.24) is 10.2 Å². The number of aromatic amines is 1. The fraction of sp³-hybridized carbons (Fsp3) is 0.143. The van der Waals surface area contributed by atoms with E-state index in [-0.39, 0.29) is 23.6 Å². The second-order valence-corrected chi connectivity index (χ2v) is 8.66. The molecular weight excluding hydrogens is 495 g/mol. The van der Waals surface area contributed by atoms with Gasteiger partial charge in [-0.2, -0.15) is 5.26 Å². The van der Waals surface area contributed by atoms with Crippen LogP contribution in [0.15, 0.2) is 78.2 Å². The normalized spacial score (nSPS) is 14.5. The molecule has 1 aliphatic rings. The largest absolute Gasteiger partial charge is 0.494 e. The monoisotopic (exact) mass is 516 g/mol. The SMILES string of the molecule is CCOc1ccc(-c2[nH]nc3c2[C@@H](c2ccc(OCc4c(F)cccc4Cl)cc2)C(C#N)=C(N)O3)cc1. The molecule has 0 amide bonds. The Kier molecular flexibility index (Phi) is 6.71. The molecule has 0 saturated carbocycles. The minimum absolute atomic E-state index is 0.000681. The molecule has 0 unspecified atom stereocenters. The summed E-state index contributed by atoms with van der Waals surface area (Å²) in [5, 5.41) is 17.6. The summed E-state index contributed by atoms with van der Waals surface area (Å²) in [5.41, 5.74) is 9.69. The Hall–Kier alpha value is -4.48. The van der Waals surface area contributed by atoms with Crippen molar-refractivity contribution < 1.29 is 18.6 Å². The third-order valence-corrected chi connectivity index (χ3v) is 6.41. The summed E-state index contributed by atoms with van der Waals surface area (Å²) in [6, 6.07) is 21.4. The maximum absolute atomic E-state index is 14.1. The molecule has 9 heteroatoms. The second kappa shape index (κ2) is 10.2. The molecule has 4 aromatic rings. The van der Waals surface area contributed by atoms with Gasteiger partial charge in [0.2, 0.25) is 11.8 Å². The molecule has 7 nitrogen and oxygen atoms in total. The van der Waals surface area contributed by atoms with Crippen LogP contribution in [0.5, 0.6) is 17.4 Å². The Morgan fingerprint density at radius 2 is 1.78 bits per heavy atom. The number of ether oxygens (including phenoxy) is 3. The first-order valence-corrected chi connectivity index (χ1v) is 11.9. The molecule has 5 rings (SSSR count). The number of nitrogens with two attached hydrogens (primary N) is 1. The number of aromatic nitrogens is 2. The van der Waals surface area contributed by atoms with Gasteiger partial charge in [-0.05, 0) is 61.0 Å². The molecule has 0 spiro atoms. The van der Waals surface area contributed by atoms with Crippen LogP contribution in [0.25, 0.3) is 11.3 Å². The van der Waals surface area contributed by atoms with Crippen molar-refractivity contribution in [3.05, 3.63) is 106 Å². The lowest BCUT2D eigenvalue weighted by Crippen LogP contribution is -2.21. The number of halogens is 2. The van der Waals surface area contributed by atoms with Gasteiger partial charge >= 0.3 is 0 Å². The number of allylic oxidation sites excluding steroid dienone is 1. The summed E-state index contributed by atoms with van der Waals surface area (Å²) >= 11 is 6.10. The number of nitriles is 1. The number of benzene rings is 3. The van der Waals surface area contributed by atoms with E-state index in [4.69, 9.17) is 31.5 Å². The predicted octanol–water partition coefficient (Wildman–Crippen LogP) is 6.07. The topological polar surface area (TPSA) is 106 Å². The highest BCUT2D eigenvalue weighted by molar-refractivity contribution is 6.31. The Balaban J connectivity index is 1.47. The molecular formula is C28H22ClFN4O3. The smallest absolute Gasteiger partial charge is 0.244 e. The van der Waals surface area contributed by atoms with Crippen LogP contribution in [-0.2, 0) is 6.61 Å². The zero-order valence-corrected chi connectivity index (χ0v) is 20.6. The summed E-state index contributed by atoms with van der Waals surface area (Å²) in [6.45, 7) is 2.47. The Morgan fingerprint density at radius 3 is 2.46 bits per heavy atom. The molecule has 0 saturated heterocycles. The van der Waals surface area contributed by atoms with E-state index in [1.807, 2.05) is 43.3 Å². The molecule has 3 aromatic carbocycles. The summed E-state index contributed by atoms with van der Waals surface area (Å²) in [4.78, 5) is 0. The van der Waals surface area contributed by atoms with Crippen LogP contribution in [0.1, 0.15) is 29.5 Å². The van der Waals surface area contributed by atoms with Gasteiger partial charge in [0.15, 0.2) is 0 Å². The third kappa shape index (κ3) is 4.69. The van der Waals surface area contributed by atoms with Crippen LogP contribution in [0.3, 0.4) is 0 Å². The van der Waals surface area contributed by atoms with Gasteiger partial charge in [0.1, 0.15) is 35.6 Å². The number of rotatable bonds is 7. The number of H-pyrrole nitrogens is 1. The quantitative estimate of drug-likeness (QED) is 0.309. The zero-order chi connectivity index (χ0) is 25.9. The van der Waals surface area contributed by atoms with Crippen LogP contribution in [0, 0.1) is 17.1 Å². The van der Waals surface area contributed by atoms with E-state index in [0.717, 1.165) is 16.9 Å². The lowest BCUT2D eigenvalue weighted by Gasteiger charge is -2.24. The fourth-order valence-electron chi connectivity index (χ4n) is 4.27. The number of hydrogen-bond donors (Lipinski definition) is 2. The predicted molar refractivity (Wildman–Crippen MR) is 137 cm³/mol. The van der Waals surface area contributed by atoms with Crippen molar-refractivity contribution in [2.24, 2.45) is 5.73 Å². The van der Waals surface area contributed by atoms with Gasteiger partial charge in [-0.15, -0.1) is 5.10 Å². The van der Waals surface area contributed by atoms with Crippen LogP contribution < -0.4 is 19.9 Å². The molecule has 2 heterocycles. The van der Waals surface area contributed by atoms with Gasteiger partial charge in [-0.25, -0.2) is 4.39 Å². The van der Waals surface area contributed by atoms with Gasteiger partial charge in [0.05, 0.1) is 28.8 Å². The van der Waals surface area contributed by atoms with Crippen molar-refractivity contribution in [2.45, 2.75) is 19.4 Å².